The molecule has 2 aromatic carbocycles. The third-order valence-electron chi connectivity index (χ3n) is 6.65. The van der Waals surface area contributed by atoms with E-state index in [-0.39, 0.29) is 23.4 Å². The summed E-state index contributed by atoms with van der Waals surface area (Å²) in [7, 11) is 0. The molecule has 2 aliphatic carbocycles. The molecule has 2 saturated carbocycles. The number of para-hydroxylation sites is 1. The number of hydrogen-bond donors (Lipinski definition) is 2. The molecule has 0 saturated heterocycles. The summed E-state index contributed by atoms with van der Waals surface area (Å²) in [6, 6.07) is 8.75. The van der Waals surface area contributed by atoms with Crippen LogP contribution in [0.2, 0.25) is 0 Å². The van der Waals surface area contributed by atoms with Crippen molar-refractivity contribution in [2.24, 2.45) is 17.8 Å². The zero-order valence-corrected chi connectivity index (χ0v) is 14.1. The average Bonchev–Trinajstić information content (AvgIpc) is 3.23. The Balaban J connectivity index is 1.69. The van der Waals surface area contributed by atoms with Crippen LogP contribution in [0.25, 0.3) is 0 Å². The maximum Gasteiger partial charge on any atom is 0.337 e. The van der Waals surface area contributed by atoms with Crippen molar-refractivity contribution < 1.29 is 18.7 Å². The van der Waals surface area contributed by atoms with Crippen LogP contribution in [0.3, 0.4) is 0 Å². The van der Waals surface area contributed by atoms with Gasteiger partial charge in [-0.15, -0.1) is 0 Å². The number of nitrogens with one attached hydrogen (secondary N) is 1. The first-order chi connectivity index (χ1) is 12.5. The van der Waals surface area contributed by atoms with Gasteiger partial charge < -0.3 is 10.4 Å². The molecule has 3 aliphatic rings. The Morgan fingerprint density at radius 2 is 1.88 bits per heavy atom. The van der Waals surface area contributed by atoms with E-state index in [1.807, 2.05) is 6.07 Å². The first-order valence-corrected chi connectivity index (χ1v) is 9.12. The molecule has 5 heteroatoms. The summed E-state index contributed by atoms with van der Waals surface area (Å²) in [5, 5.41) is 12.9. The molecule has 2 fully saturated rings. The monoisotopic (exact) mass is 355 g/mol. The second kappa shape index (κ2) is 5.53. The van der Waals surface area contributed by atoms with Gasteiger partial charge in [0.05, 0.1) is 17.3 Å². The number of carbonyl (C=O) groups is 1. The number of carboxylic acids is 1. The van der Waals surface area contributed by atoms with E-state index >= 15 is 0 Å². The van der Waals surface area contributed by atoms with Crippen LogP contribution in [-0.4, -0.2) is 11.1 Å². The highest BCUT2D eigenvalue weighted by atomic mass is 19.1. The molecular formula is C21H19F2NO2. The molecule has 0 amide bonds. The van der Waals surface area contributed by atoms with Crippen LogP contribution < -0.4 is 5.32 Å². The van der Waals surface area contributed by atoms with Crippen molar-refractivity contribution in [1.29, 1.82) is 0 Å². The highest BCUT2D eigenvalue weighted by Crippen LogP contribution is 2.64. The molecule has 3 nitrogen and oxygen atoms in total. The van der Waals surface area contributed by atoms with Gasteiger partial charge in [0.2, 0.25) is 0 Å². The van der Waals surface area contributed by atoms with E-state index in [2.05, 4.69) is 5.32 Å². The van der Waals surface area contributed by atoms with Gasteiger partial charge in [0.1, 0.15) is 11.6 Å². The highest BCUT2D eigenvalue weighted by Gasteiger charge is 2.54. The highest BCUT2D eigenvalue weighted by molar-refractivity contribution is 5.95. The lowest BCUT2D eigenvalue weighted by Crippen LogP contribution is -2.36. The van der Waals surface area contributed by atoms with E-state index in [1.165, 1.54) is 12.1 Å². The summed E-state index contributed by atoms with van der Waals surface area (Å²) in [6.07, 6.45) is 3.37. The Morgan fingerprint density at radius 1 is 1.08 bits per heavy atom. The van der Waals surface area contributed by atoms with Crippen molar-refractivity contribution >= 4 is 11.7 Å². The predicted molar refractivity (Wildman–Crippen MR) is 93.2 cm³/mol. The fourth-order valence-electron chi connectivity index (χ4n) is 5.75. The number of fused-ring (bicyclic) bond motifs is 7. The maximum atomic E-state index is 14.6. The van der Waals surface area contributed by atoms with Gasteiger partial charge in [0.25, 0.3) is 0 Å². The molecule has 26 heavy (non-hydrogen) atoms. The Hall–Kier alpha value is -2.43. The maximum absolute atomic E-state index is 14.6. The molecule has 0 unspecified atom stereocenters. The Morgan fingerprint density at radius 3 is 2.65 bits per heavy atom. The summed E-state index contributed by atoms with van der Waals surface area (Å²) in [4.78, 5) is 11.7. The van der Waals surface area contributed by atoms with Crippen LogP contribution in [0.15, 0.2) is 36.4 Å². The molecule has 2 aromatic rings. The molecule has 5 rings (SSSR count). The standard InChI is InChI=1S/C21H19F2NO2/c22-12-6-7-13(16(23)9-12)20-18-11-5-4-10(8-11)17(18)14-2-1-3-15(21(25)26)19(14)24-20/h1-3,6-7,9-11,17-18,20,24H,4-5,8H2,(H,25,26)/t10-,11-,17-,18+,20+/m0/s1. The lowest BCUT2D eigenvalue weighted by Gasteiger charge is -2.44. The van der Waals surface area contributed by atoms with Crippen molar-refractivity contribution in [3.63, 3.8) is 0 Å². The van der Waals surface area contributed by atoms with Gasteiger partial charge in [-0.2, -0.15) is 0 Å². The van der Waals surface area contributed by atoms with E-state index in [4.69, 9.17) is 0 Å². The summed E-state index contributed by atoms with van der Waals surface area (Å²) in [6.45, 7) is 0. The van der Waals surface area contributed by atoms with Crippen molar-refractivity contribution in [1.82, 2.24) is 0 Å². The summed E-state index contributed by atoms with van der Waals surface area (Å²) < 4.78 is 28.0. The summed E-state index contributed by atoms with van der Waals surface area (Å²) in [5.41, 5.74) is 2.29. The zero-order valence-electron chi connectivity index (χ0n) is 14.1. The molecule has 134 valence electrons. The number of aromatic carboxylic acids is 1. The van der Waals surface area contributed by atoms with Crippen LogP contribution in [0.1, 0.15) is 52.7 Å². The van der Waals surface area contributed by atoms with E-state index in [0.29, 0.717) is 23.1 Å². The van der Waals surface area contributed by atoms with Gasteiger partial charge in [-0.1, -0.05) is 18.2 Å². The van der Waals surface area contributed by atoms with E-state index in [1.54, 1.807) is 12.1 Å². The minimum absolute atomic E-state index is 0.213. The van der Waals surface area contributed by atoms with Crippen LogP contribution in [0.4, 0.5) is 14.5 Å². The Labute approximate surface area is 150 Å². The van der Waals surface area contributed by atoms with Crippen LogP contribution >= 0.6 is 0 Å². The minimum atomic E-state index is -0.991. The van der Waals surface area contributed by atoms with Crippen molar-refractivity contribution in [3.05, 3.63) is 64.7 Å². The number of hydrogen-bond acceptors (Lipinski definition) is 2. The van der Waals surface area contributed by atoms with Gasteiger partial charge in [-0.05, 0) is 60.6 Å². The quantitative estimate of drug-likeness (QED) is 0.800. The molecule has 0 spiro atoms. The smallest absolute Gasteiger partial charge is 0.337 e. The fraction of sp³-hybridized carbons (Fsp3) is 0.381. The van der Waals surface area contributed by atoms with Crippen molar-refractivity contribution in [2.45, 2.75) is 31.2 Å². The third kappa shape index (κ3) is 2.12. The second-order valence-corrected chi connectivity index (χ2v) is 7.80. The molecule has 1 aliphatic heterocycles. The first kappa shape index (κ1) is 15.8. The van der Waals surface area contributed by atoms with E-state index in [0.717, 1.165) is 30.9 Å². The summed E-state index contributed by atoms with van der Waals surface area (Å²) >= 11 is 0. The molecule has 2 N–H and O–H groups in total. The number of rotatable bonds is 2. The zero-order chi connectivity index (χ0) is 18.0. The van der Waals surface area contributed by atoms with Crippen LogP contribution in [-0.2, 0) is 0 Å². The Bertz CT molecular complexity index is 913. The SMILES string of the molecule is O=C(O)c1cccc2c1N[C@H](c1ccc(F)cc1F)[C@@H]1[C@H]3CC[C@@H](C3)[C@@H]21. The number of carboxylic acid groups (broad SMARTS) is 1. The van der Waals surface area contributed by atoms with Crippen molar-refractivity contribution in [3.8, 4) is 0 Å². The molecular weight excluding hydrogens is 336 g/mol. The third-order valence-corrected chi connectivity index (χ3v) is 6.65. The van der Waals surface area contributed by atoms with E-state index in [9.17, 15) is 18.7 Å². The minimum Gasteiger partial charge on any atom is -0.478 e. The van der Waals surface area contributed by atoms with Crippen molar-refractivity contribution in [2.75, 3.05) is 5.32 Å². The second-order valence-electron chi connectivity index (χ2n) is 7.80. The molecule has 5 atom stereocenters. The van der Waals surface area contributed by atoms with Gasteiger partial charge in [0, 0.05) is 11.6 Å². The summed E-state index contributed by atoms with van der Waals surface area (Å²) in [5.74, 6) is -0.703. The Kier molecular flexibility index (Phi) is 3.36. The van der Waals surface area contributed by atoms with Gasteiger partial charge >= 0.3 is 5.97 Å². The van der Waals surface area contributed by atoms with Gasteiger partial charge in [0.15, 0.2) is 0 Å². The largest absolute Gasteiger partial charge is 0.478 e. The number of anilines is 1. The van der Waals surface area contributed by atoms with Crippen LogP contribution in [0, 0.1) is 29.4 Å². The predicted octanol–water partition coefficient (Wildman–Crippen LogP) is 4.96. The normalized spacial score (nSPS) is 31.2. The average molecular weight is 355 g/mol. The van der Waals surface area contributed by atoms with Gasteiger partial charge in [-0.3, -0.25) is 0 Å². The topological polar surface area (TPSA) is 49.3 Å². The van der Waals surface area contributed by atoms with E-state index < -0.39 is 17.6 Å². The van der Waals surface area contributed by atoms with Crippen LogP contribution in [0.5, 0.6) is 0 Å². The molecule has 0 aromatic heterocycles. The number of benzene rings is 2. The number of halogens is 2. The fourth-order valence-corrected chi connectivity index (χ4v) is 5.75. The molecule has 2 bridgehead atoms. The van der Waals surface area contributed by atoms with Gasteiger partial charge in [-0.25, -0.2) is 13.6 Å². The lowest BCUT2D eigenvalue weighted by atomic mass is 9.67. The first-order valence-electron chi connectivity index (χ1n) is 9.12. The molecule has 1 heterocycles. The lowest BCUT2D eigenvalue weighted by molar-refractivity contribution is 0.0697. The molecule has 0 radical (unpaired) electrons.